The fraction of sp³-hybridized carbons (Fsp3) is 0.375. The molecular weight excluding hydrogens is 541 g/mol. The number of carbonyl (C=O) groups is 2. The Morgan fingerprint density at radius 2 is 1.56 bits per heavy atom. The molecule has 3 aromatic rings. The molecule has 0 aromatic heterocycles. The van der Waals surface area contributed by atoms with E-state index in [0.29, 0.717) is 23.2 Å². The zero-order valence-corrected chi connectivity index (χ0v) is 24.4. The molecule has 0 aliphatic heterocycles. The molecule has 1 saturated carbocycles. The number of nitrogens with zero attached hydrogens (tertiary/aromatic N) is 2. The Morgan fingerprint density at radius 1 is 0.927 bits per heavy atom. The second-order valence-corrected chi connectivity index (χ2v) is 12.4. The highest BCUT2D eigenvalue weighted by molar-refractivity contribution is 7.92. The number of amides is 2. The van der Waals surface area contributed by atoms with Crippen molar-refractivity contribution in [3.63, 3.8) is 0 Å². The molecule has 218 valence electrons. The molecule has 1 unspecified atom stereocenters. The van der Waals surface area contributed by atoms with Crippen molar-refractivity contribution in [1.82, 2.24) is 10.2 Å². The minimum absolute atomic E-state index is 0.0305. The minimum Gasteiger partial charge on any atom is -0.352 e. The van der Waals surface area contributed by atoms with Crippen molar-refractivity contribution >= 4 is 27.5 Å². The van der Waals surface area contributed by atoms with Gasteiger partial charge in [-0.3, -0.25) is 13.9 Å². The van der Waals surface area contributed by atoms with Crippen molar-refractivity contribution in [2.45, 2.75) is 75.9 Å². The van der Waals surface area contributed by atoms with Gasteiger partial charge >= 0.3 is 0 Å². The summed E-state index contributed by atoms with van der Waals surface area (Å²) in [4.78, 5) is 29.2. The van der Waals surface area contributed by atoms with Crippen LogP contribution in [-0.2, 0) is 26.2 Å². The third-order valence-electron chi connectivity index (χ3n) is 7.60. The summed E-state index contributed by atoms with van der Waals surface area (Å²) in [6.07, 6.45) is 5.35. The van der Waals surface area contributed by atoms with Crippen LogP contribution in [0.15, 0.2) is 83.8 Å². The molecule has 3 aromatic carbocycles. The van der Waals surface area contributed by atoms with Gasteiger partial charge in [0.15, 0.2) is 0 Å². The summed E-state index contributed by atoms with van der Waals surface area (Å²) in [6, 6.07) is 19.9. The number of hydrogen-bond acceptors (Lipinski definition) is 4. The van der Waals surface area contributed by atoms with Crippen molar-refractivity contribution in [2.75, 3.05) is 10.8 Å². The normalized spacial score (nSPS) is 14.7. The molecular formula is C32H38FN3O4S. The lowest BCUT2D eigenvalue weighted by Crippen LogP contribution is -2.54. The average molecular weight is 580 g/mol. The van der Waals surface area contributed by atoms with E-state index in [9.17, 15) is 22.4 Å². The first kappa shape index (κ1) is 30.2. The molecule has 7 nitrogen and oxygen atoms in total. The number of halogens is 1. The molecule has 2 amide bonds. The monoisotopic (exact) mass is 579 g/mol. The largest absolute Gasteiger partial charge is 0.352 e. The Morgan fingerprint density at radius 3 is 2.20 bits per heavy atom. The maximum Gasteiger partial charge on any atom is 0.264 e. The van der Waals surface area contributed by atoms with Crippen LogP contribution in [0.25, 0.3) is 0 Å². The predicted octanol–water partition coefficient (Wildman–Crippen LogP) is 5.59. The lowest BCUT2D eigenvalue weighted by atomic mass is 9.95. The third kappa shape index (κ3) is 7.52. The molecule has 4 rings (SSSR count). The molecule has 0 saturated heterocycles. The van der Waals surface area contributed by atoms with Crippen LogP contribution < -0.4 is 9.62 Å². The SMILES string of the molecule is CCC(C(=O)NC1CCCCC1)N(Cc1ccc(F)cc1)C(=O)CN(c1ccccc1C)S(=O)(=O)c1ccccc1. The van der Waals surface area contributed by atoms with Gasteiger partial charge in [0.1, 0.15) is 18.4 Å². The van der Waals surface area contributed by atoms with Crippen LogP contribution in [0.1, 0.15) is 56.6 Å². The Labute approximate surface area is 242 Å². The van der Waals surface area contributed by atoms with Crippen LogP contribution in [-0.4, -0.2) is 43.8 Å². The van der Waals surface area contributed by atoms with Crippen LogP contribution in [0.2, 0.25) is 0 Å². The summed E-state index contributed by atoms with van der Waals surface area (Å²) in [5.74, 6) is -1.20. The number of carbonyl (C=O) groups excluding carboxylic acids is 2. The fourth-order valence-corrected chi connectivity index (χ4v) is 6.83. The highest BCUT2D eigenvalue weighted by atomic mass is 32.2. The first-order valence-electron chi connectivity index (χ1n) is 14.2. The number of aryl methyl sites for hydroxylation is 1. The van der Waals surface area contributed by atoms with E-state index in [-0.39, 0.29) is 23.4 Å². The van der Waals surface area contributed by atoms with Gasteiger partial charge in [0, 0.05) is 12.6 Å². The number of hydrogen-bond donors (Lipinski definition) is 1. The minimum atomic E-state index is -4.12. The number of sulfonamides is 1. The maximum atomic E-state index is 14.2. The zero-order valence-electron chi connectivity index (χ0n) is 23.6. The van der Waals surface area contributed by atoms with E-state index in [0.717, 1.165) is 36.4 Å². The summed E-state index contributed by atoms with van der Waals surface area (Å²) in [5.41, 5.74) is 1.70. The third-order valence-corrected chi connectivity index (χ3v) is 9.37. The number of nitrogens with one attached hydrogen (secondary N) is 1. The van der Waals surface area contributed by atoms with Gasteiger partial charge in [-0.05, 0) is 67.6 Å². The van der Waals surface area contributed by atoms with Gasteiger partial charge in [-0.2, -0.15) is 0 Å². The van der Waals surface area contributed by atoms with Crippen LogP contribution >= 0.6 is 0 Å². The molecule has 0 heterocycles. The second kappa shape index (κ2) is 13.8. The fourth-order valence-electron chi connectivity index (χ4n) is 5.33. The molecule has 1 aliphatic rings. The number of rotatable bonds is 11. The van der Waals surface area contributed by atoms with Gasteiger partial charge in [0.2, 0.25) is 11.8 Å². The first-order valence-corrected chi connectivity index (χ1v) is 15.6. The molecule has 9 heteroatoms. The Bertz CT molecular complexity index is 1420. The van der Waals surface area contributed by atoms with Crippen LogP contribution in [0, 0.1) is 12.7 Å². The first-order chi connectivity index (χ1) is 19.7. The van der Waals surface area contributed by atoms with Gasteiger partial charge in [0.05, 0.1) is 10.6 Å². The molecule has 0 radical (unpaired) electrons. The average Bonchev–Trinajstić information content (AvgIpc) is 2.98. The standard InChI is InChI=1S/C32H38FN3O4S/c1-3-29(32(38)34-27-13-6-4-7-14-27)35(22-25-18-20-26(33)21-19-25)31(37)23-36(30-17-11-10-12-24(30)2)41(39,40)28-15-8-5-9-16-28/h5,8-12,15-21,27,29H,3-4,6-7,13-14,22-23H2,1-2H3,(H,34,38). The second-order valence-electron chi connectivity index (χ2n) is 10.5. The summed E-state index contributed by atoms with van der Waals surface area (Å²) < 4.78 is 42.6. The van der Waals surface area contributed by atoms with E-state index in [1.54, 1.807) is 61.5 Å². The lowest BCUT2D eigenvalue weighted by molar-refractivity contribution is -0.140. The Balaban J connectivity index is 1.70. The number of benzene rings is 3. The van der Waals surface area contributed by atoms with Crippen LogP contribution in [0.3, 0.4) is 0 Å². The van der Waals surface area contributed by atoms with Gasteiger partial charge in [-0.25, -0.2) is 12.8 Å². The van der Waals surface area contributed by atoms with E-state index in [2.05, 4.69) is 5.32 Å². The van der Waals surface area contributed by atoms with Crippen molar-refractivity contribution < 1.29 is 22.4 Å². The maximum absolute atomic E-state index is 14.2. The van der Waals surface area contributed by atoms with Crippen molar-refractivity contribution in [3.8, 4) is 0 Å². The Kier molecular flexibility index (Phi) is 10.2. The van der Waals surface area contributed by atoms with Gasteiger partial charge < -0.3 is 10.2 Å². The summed E-state index contributed by atoms with van der Waals surface area (Å²) in [6.45, 7) is 3.14. The molecule has 1 aliphatic carbocycles. The number of anilines is 1. The summed E-state index contributed by atoms with van der Waals surface area (Å²) in [7, 11) is -4.12. The topological polar surface area (TPSA) is 86.8 Å². The molecule has 41 heavy (non-hydrogen) atoms. The molecule has 1 N–H and O–H groups in total. The van der Waals surface area contributed by atoms with Crippen molar-refractivity contribution in [3.05, 3.63) is 95.8 Å². The summed E-state index contributed by atoms with van der Waals surface area (Å²) >= 11 is 0. The van der Waals surface area contributed by atoms with Gasteiger partial charge in [-0.1, -0.05) is 74.7 Å². The Hall–Kier alpha value is -3.72. The van der Waals surface area contributed by atoms with Gasteiger partial charge in [-0.15, -0.1) is 0 Å². The lowest BCUT2D eigenvalue weighted by Gasteiger charge is -2.34. The van der Waals surface area contributed by atoms with E-state index in [1.165, 1.54) is 29.2 Å². The van der Waals surface area contributed by atoms with E-state index in [1.807, 2.05) is 6.92 Å². The predicted molar refractivity (Wildman–Crippen MR) is 158 cm³/mol. The molecule has 1 fully saturated rings. The van der Waals surface area contributed by atoms with Crippen LogP contribution in [0.4, 0.5) is 10.1 Å². The van der Waals surface area contributed by atoms with E-state index >= 15 is 0 Å². The molecule has 0 bridgehead atoms. The zero-order chi connectivity index (χ0) is 29.4. The molecule has 1 atom stereocenters. The quantitative estimate of drug-likeness (QED) is 0.321. The van der Waals surface area contributed by atoms with Gasteiger partial charge in [0.25, 0.3) is 10.0 Å². The summed E-state index contributed by atoms with van der Waals surface area (Å²) in [5, 5.41) is 3.13. The van der Waals surface area contributed by atoms with E-state index in [4.69, 9.17) is 0 Å². The van der Waals surface area contributed by atoms with Crippen LogP contribution in [0.5, 0.6) is 0 Å². The number of para-hydroxylation sites is 1. The molecule has 0 spiro atoms. The highest BCUT2D eigenvalue weighted by Crippen LogP contribution is 2.27. The van der Waals surface area contributed by atoms with Crippen molar-refractivity contribution in [2.24, 2.45) is 0 Å². The van der Waals surface area contributed by atoms with Crippen molar-refractivity contribution in [1.29, 1.82) is 0 Å². The highest BCUT2D eigenvalue weighted by Gasteiger charge is 2.34. The smallest absolute Gasteiger partial charge is 0.264 e. The van der Waals surface area contributed by atoms with E-state index < -0.39 is 34.3 Å².